The first-order valence-electron chi connectivity index (χ1n) is 8.00. The Hall–Kier alpha value is -1.81. The van der Waals surface area contributed by atoms with Crippen LogP contribution in [0.15, 0.2) is 11.1 Å². The van der Waals surface area contributed by atoms with Crippen molar-refractivity contribution in [1.29, 1.82) is 0 Å². The van der Waals surface area contributed by atoms with Crippen LogP contribution in [-0.4, -0.2) is 38.8 Å². The summed E-state index contributed by atoms with van der Waals surface area (Å²) in [5, 5.41) is 7.99. The van der Waals surface area contributed by atoms with Gasteiger partial charge in [0.05, 0.1) is 17.6 Å². The zero-order valence-electron chi connectivity index (χ0n) is 15.0. The molecule has 0 aliphatic heterocycles. The van der Waals surface area contributed by atoms with E-state index in [0.717, 1.165) is 23.1 Å². The van der Waals surface area contributed by atoms with Crippen LogP contribution in [0.2, 0.25) is 0 Å². The molecule has 0 aliphatic carbocycles. The van der Waals surface area contributed by atoms with Gasteiger partial charge >= 0.3 is 6.55 Å². The number of halogens is 2. The van der Waals surface area contributed by atoms with Gasteiger partial charge < -0.3 is 0 Å². The lowest BCUT2D eigenvalue weighted by molar-refractivity contribution is 0.0561. The van der Waals surface area contributed by atoms with Gasteiger partial charge in [-0.15, -0.1) is 0 Å². The average molecular weight is 375 g/mol. The summed E-state index contributed by atoms with van der Waals surface area (Å²) in [6.07, 6.45) is 0.882. The van der Waals surface area contributed by atoms with Gasteiger partial charge in [0.2, 0.25) is 10.0 Å². The molecule has 0 unspecified atom stereocenters. The van der Waals surface area contributed by atoms with Gasteiger partial charge in [-0.05, 0) is 27.7 Å². The fraction of sp³-hybridized carbons (Fsp3) is 0.600. The van der Waals surface area contributed by atoms with Crippen LogP contribution >= 0.6 is 0 Å². The van der Waals surface area contributed by atoms with E-state index < -0.39 is 16.6 Å². The SMILES string of the molecule is CCN(Cc1c(C)nn(CC)c1C)S(=O)(=O)c1cn(C(F)F)nc1C. The molecule has 2 aromatic rings. The Kier molecular flexibility index (Phi) is 5.62. The lowest BCUT2D eigenvalue weighted by atomic mass is 10.2. The normalized spacial score (nSPS) is 12.5. The molecule has 0 radical (unpaired) electrons. The number of aryl methyl sites for hydroxylation is 3. The Bertz CT molecular complexity index is 858. The zero-order valence-corrected chi connectivity index (χ0v) is 15.8. The first-order chi connectivity index (χ1) is 11.6. The minimum absolute atomic E-state index is 0.0523. The second-order valence-corrected chi connectivity index (χ2v) is 7.64. The van der Waals surface area contributed by atoms with Crippen molar-refractivity contribution in [2.45, 2.75) is 59.2 Å². The Balaban J connectivity index is 2.41. The molecule has 0 aliphatic rings. The molecular weight excluding hydrogens is 352 g/mol. The van der Waals surface area contributed by atoms with Crippen molar-refractivity contribution in [1.82, 2.24) is 23.9 Å². The van der Waals surface area contributed by atoms with Crippen LogP contribution in [-0.2, 0) is 23.1 Å². The molecule has 0 saturated heterocycles. The molecule has 2 rings (SSSR count). The van der Waals surface area contributed by atoms with E-state index in [1.807, 2.05) is 25.5 Å². The number of hydrogen-bond donors (Lipinski definition) is 0. The maximum absolute atomic E-state index is 12.9. The fourth-order valence-electron chi connectivity index (χ4n) is 2.77. The van der Waals surface area contributed by atoms with Crippen LogP contribution in [0.1, 0.15) is 43.0 Å². The van der Waals surface area contributed by atoms with Gasteiger partial charge in [-0.2, -0.15) is 23.3 Å². The van der Waals surface area contributed by atoms with Crippen LogP contribution < -0.4 is 0 Å². The van der Waals surface area contributed by atoms with Gasteiger partial charge in [0.1, 0.15) is 4.90 Å². The molecule has 10 heteroatoms. The Labute approximate surface area is 146 Å². The highest BCUT2D eigenvalue weighted by Gasteiger charge is 2.29. The molecule has 0 saturated carbocycles. The molecule has 140 valence electrons. The minimum Gasteiger partial charge on any atom is -0.270 e. The van der Waals surface area contributed by atoms with E-state index >= 15 is 0 Å². The van der Waals surface area contributed by atoms with Crippen molar-refractivity contribution < 1.29 is 17.2 Å². The van der Waals surface area contributed by atoms with Gasteiger partial charge in [0.15, 0.2) is 0 Å². The third-order valence-corrected chi connectivity index (χ3v) is 6.23. The van der Waals surface area contributed by atoms with Gasteiger partial charge in [0, 0.05) is 30.9 Å². The Morgan fingerprint density at radius 2 is 1.80 bits per heavy atom. The van der Waals surface area contributed by atoms with Crippen LogP contribution in [0.5, 0.6) is 0 Å². The topological polar surface area (TPSA) is 73.0 Å². The van der Waals surface area contributed by atoms with Crippen molar-refractivity contribution in [2.75, 3.05) is 6.54 Å². The highest BCUT2D eigenvalue weighted by Crippen LogP contribution is 2.24. The summed E-state index contributed by atoms with van der Waals surface area (Å²) >= 11 is 0. The van der Waals surface area contributed by atoms with E-state index in [2.05, 4.69) is 10.2 Å². The van der Waals surface area contributed by atoms with E-state index in [9.17, 15) is 17.2 Å². The van der Waals surface area contributed by atoms with Crippen LogP contribution in [0.4, 0.5) is 8.78 Å². The monoisotopic (exact) mass is 375 g/mol. The predicted octanol–water partition coefficient (Wildman–Crippen LogP) is 2.63. The maximum atomic E-state index is 12.9. The van der Waals surface area contributed by atoms with E-state index in [-0.39, 0.29) is 23.7 Å². The van der Waals surface area contributed by atoms with Crippen molar-refractivity contribution in [3.63, 3.8) is 0 Å². The first-order valence-corrected chi connectivity index (χ1v) is 9.44. The number of hydrogen-bond acceptors (Lipinski definition) is 4. The highest BCUT2D eigenvalue weighted by molar-refractivity contribution is 7.89. The number of nitrogens with zero attached hydrogens (tertiary/aromatic N) is 5. The molecule has 2 heterocycles. The van der Waals surface area contributed by atoms with Crippen molar-refractivity contribution in [2.24, 2.45) is 0 Å². The molecule has 0 amide bonds. The van der Waals surface area contributed by atoms with E-state index in [1.54, 1.807) is 6.92 Å². The molecule has 0 atom stereocenters. The number of alkyl halides is 2. The molecule has 0 fully saturated rings. The quantitative estimate of drug-likeness (QED) is 0.746. The van der Waals surface area contributed by atoms with Gasteiger partial charge in [-0.1, -0.05) is 6.92 Å². The smallest absolute Gasteiger partial charge is 0.270 e. The summed E-state index contributed by atoms with van der Waals surface area (Å²) in [5.41, 5.74) is 2.53. The standard InChI is InChI=1S/C15H23F2N5O2S/c1-6-20(8-13-10(3)18-21(7-2)12(13)5)25(23,24)14-9-22(15(16)17)19-11(14)4/h9,15H,6-8H2,1-5H3. The molecule has 0 N–H and O–H groups in total. The van der Waals surface area contributed by atoms with Crippen LogP contribution in [0, 0.1) is 20.8 Å². The summed E-state index contributed by atoms with van der Waals surface area (Å²) in [7, 11) is -3.94. The molecular formula is C15H23F2N5O2S. The molecule has 0 aromatic carbocycles. The van der Waals surface area contributed by atoms with E-state index in [1.165, 1.54) is 11.2 Å². The van der Waals surface area contributed by atoms with Crippen LogP contribution in [0.3, 0.4) is 0 Å². The summed E-state index contributed by atoms with van der Waals surface area (Å²) in [5.74, 6) is 0. The molecule has 2 aromatic heterocycles. The third kappa shape index (κ3) is 3.59. The Morgan fingerprint density at radius 1 is 1.16 bits per heavy atom. The lowest BCUT2D eigenvalue weighted by Crippen LogP contribution is -2.31. The lowest BCUT2D eigenvalue weighted by Gasteiger charge is -2.20. The second-order valence-electron chi connectivity index (χ2n) is 5.73. The largest absolute Gasteiger partial charge is 0.333 e. The predicted molar refractivity (Wildman–Crippen MR) is 88.9 cm³/mol. The summed E-state index contributed by atoms with van der Waals surface area (Å²) in [6.45, 7) is 6.93. The molecule has 7 nitrogen and oxygen atoms in total. The molecule has 0 spiro atoms. The summed E-state index contributed by atoms with van der Waals surface area (Å²) in [6, 6.07) is 0. The van der Waals surface area contributed by atoms with Gasteiger partial charge in [-0.3, -0.25) is 4.68 Å². The third-order valence-electron chi connectivity index (χ3n) is 4.21. The van der Waals surface area contributed by atoms with E-state index in [4.69, 9.17) is 0 Å². The highest BCUT2D eigenvalue weighted by atomic mass is 32.2. The fourth-order valence-corrected chi connectivity index (χ4v) is 4.34. The minimum atomic E-state index is -3.94. The Morgan fingerprint density at radius 3 is 2.24 bits per heavy atom. The van der Waals surface area contributed by atoms with Gasteiger partial charge in [-0.25, -0.2) is 13.1 Å². The molecule has 0 bridgehead atoms. The second kappa shape index (κ2) is 7.20. The van der Waals surface area contributed by atoms with Crippen LogP contribution in [0.25, 0.3) is 0 Å². The number of aromatic nitrogens is 4. The average Bonchev–Trinajstić information content (AvgIpc) is 3.06. The van der Waals surface area contributed by atoms with Gasteiger partial charge in [0.25, 0.3) is 0 Å². The maximum Gasteiger partial charge on any atom is 0.333 e. The summed E-state index contributed by atoms with van der Waals surface area (Å²) in [4.78, 5) is -0.201. The first kappa shape index (κ1) is 19.5. The summed E-state index contributed by atoms with van der Waals surface area (Å²) < 4.78 is 54.9. The van der Waals surface area contributed by atoms with Crippen molar-refractivity contribution >= 4 is 10.0 Å². The van der Waals surface area contributed by atoms with E-state index in [0.29, 0.717) is 11.2 Å². The number of sulfonamides is 1. The van der Waals surface area contributed by atoms with Crippen molar-refractivity contribution in [3.8, 4) is 0 Å². The zero-order chi connectivity index (χ0) is 18.9. The molecule has 25 heavy (non-hydrogen) atoms. The number of rotatable bonds is 7. The van der Waals surface area contributed by atoms with Crippen molar-refractivity contribution in [3.05, 3.63) is 28.8 Å².